The Morgan fingerprint density at radius 3 is 2.13 bits per heavy atom. The first-order valence-corrected chi connectivity index (χ1v) is 6.77. The lowest BCUT2D eigenvalue weighted by Crippen LogP contribution is -2.11. The molecule has 2 aromatic rings. The molecule has 0 spiro atoms. The summed E-state index contributed by atoms with van der Waals surface area (Å²) in [4.78, 5) is 17.0. The second kappa shape index (κ2) is 7.09. The second-order valence-corrected chi connectivity index (χ2v) is 4.76. The van der Waals surface area contributed by atoms with E-state index in [2.05, 4.69) is 5.16 Å². The minimum absolute atomic E-state index is 0.0663. The number of oxime groups is 1. The molecule has 0 unspecified atom stereocenters. The van der Waals surface area contributed by atoms with Crippen LogP contribution in [0, 0.1) is 0 Å². The summed E-state index contributed by atoms with van der Waals surface area (Å²) in [5.74, 6) is -0.335. The van der Waals surface area contributed by atoms with Crippen molar-refractivity contribution in [3.05, 3.63) is 71.3 Å². The van der Waals surface area contributed by atoms with Gasteiger partial charge in [0.25, 0.3) is 0 Å². The molecule has 3 nitrogen and oxygen atoms in total. The molecule has 0 saturated heterocycles. The summed E-state index contributed by atoms with van der Waals surface area (Å²) in [5, 5.41) is 3.83. The van der Waals surface area contributed by atoms with E-state index in [-0.39, 0.29) is 17.8 Å². The van der Waals surface area contributed by atoms with Crippen LogP contribution in [0.5, 0.6) is 0 Å². The number of hydrogen-bond donors (Lipinski definition) is 0. The first kappa shape index (κ1) is 16.7. The molecule has 0 aliphatic carbocycles. The first-order chi connectivity index (χ1) is 10.9. The zero-order chi connectivity index (χ0) is 16.9. The van der Waals surface area contributed by atoms with Crippen LogP contribution in [0.25, 0.3) is 0 Å². The average molecular weight is 321 g/mol. The third kappa shape index (κ3) is 4.42. The monoisotopic (exact) mass is 321 g/mol. The standard InChI is InChI=1S/C17H14F3NO2/c1-23-21-15(12-5-3-2-4-6-12)11-16(22)13-7-9-14(10-8-13)17(18,19)20/h2-10H,11H2,1H3/b21-15+. The minimum Gasteiger partial charge on any atom is -0.399 e. The fourth-order valence-electron chi connectivity index (χ4n) is 2.03. The van der Waals surface area contributed by atoms with Crippen molar-refractivity contribution in [1.82, 2.24) is 0 Å². The van der Waals surface area contributed by atoms with E-state index in [0.717, 1.165) is 17.7 Å². The van der Waals surface area contributed by atoms with Crippen molar-refractivity contribution in [1.29, 1.82) is 0 Å². The van der Waals surface area contributed by atoms with Crippen LogP contribution < -0.4 is 0 Å². The molecule has 120 valence electrons. The van der Waals surface area contributed by atoms with Gasteiger partial charge in [-0.3, -0.25) is 4.79 Å². The number of Topliss-reactive ketones (excluding diaryl/α,β-unsaturated/α-hetero) is 1. The predicted octanol–water partition coefficient (Wildman–Crippen LogP) is 4.33. The molecule has 0 radical (unpaired) electrons. The van der Waals surface area contributed by atoms with Gasteiger partial charge in [-0.15, -0.1) is 0 Å². The Balaban J connectivity index is 2.18. The number of halogens is 3. The maximum atomic E-state index is 12.5. The van der Waals surface area contributed by atoms with E-state index < -0.39 is 11.7 Å². The molecule has 6 heteroatoms. The summed E-state index contributed by atoms with van der Waals surface area (Å²) in [6.07, 6.45) is -4.49. The zero-order valence-electron chi connectivity index (χ0n) is 12.3. The molecule has 2 aromatic carbocycles. The Morgan fingerprint density at radius 1 is 1.00 bits per heavy atom. The quantitative estimate of drug-likeness (QED) is 0.467. The molecule has 0 aliphatic heterocycles. The van der Waals surface area contributed by atoms with E-state index in [1.165, 1.54) is 19.2 Å². The number of alkyl halides is 3. The normalized spacial score (nSPS) is 12.1. The van der Waals surface area contributed by atoms with Gasteiger partial charge in [0.2, 0.25) is 0 Å². The predicted molar refractivity (Wildman–Crippen MR) is 80.4 cm³/mol. The van der Waals surface area contributed by atoms with E-state index in [1.807, 2.05) is 6.07 Å². The maximum Gasteiger partial charge on any atom is 0.416 e. The maximum absolute atomic E-state index is 12.5. The van der Waals surface area contributed by atoms with Crippen LogP contribution in [0.15, 0.2) is 59.8 Å². The van der Waals surface area contributed by atoms with Gasteiger partial charge in [-0.05, 0) is 17.7 Å². The molecule has 0 fully saturated rings. The molecule has 0 aliphatic rings. The van der Waals surface area contributed by atoms with Crippen molar-refractivity contribution in [2.75, 3.05) is 7.11 Å². The van der Waals surface area contributed by atoms with Gasteiger partial charge in [0.15, 0.2) is 5.78 Å². The zero-order valence-corrected chi connectivity index (χ0v) is 12.3. The Kier molecular flexibility index (Phi) is 5.16. The summed E-state index contributed by atoms with van der Waals surface area (Å²) in [7, 11) is 1.37. The van der Waals surface area contributed by atoms with Crippen LogP contribution in [-0.4, -0.2) is 18.6 Å². The molecule has 0 atom stereocenters. The third-order valence-corrected chi connectivity index (χ3v) is 3.17. The molecule has 0 bridgehead atoms. The number of hydrogen-bond acceptors (Lipinski definition) is 3. The van der Waals surface area contributed by atoms with Crippen LogP contribution in [0.4, 0.5) is 13.2 Å². The average Bonchev–Trinajstić information content (AvgIpc) is 2.54. The molecule has 0 saturated carbocycles. The number of nitrogens with zero attached hydrogens (tertiary/aromatic N) is 1. The summed E-state index contributed by atoms with van der Waals surface area (Å²) in [6, 6.07) is 13.1. The Hall–Kier alpha value is -2.63. The van der Waals surface area contributed by atoms with Crippen molar-refractivity contribution < 1.29 is 22.8 Å². The fraction of sp³-hybridized carbons (Fsp3) is 0.176. The number of rotatable bonds is 5. The Bertz CT molecular complexity index is 692. The second-order valence-electron chi connectivity index (χ2n) is 4.76. The number of carbonyl (C=O) groups is 1. The number of benzene rings is 2. The van der Waals surface area contributed by atoms with Gasteiger partial charge in [-0.25, -0.2) is 0 Å². The molecule has 23 heavy (non-hydrogen) atoms. The van der Waals surface area contributed by atoms with Gasteiger partial charge in [-0.2, -0.15) is 13.2 Å². The molecule has 2 rings (SSSR count). The van der Waals surface area contributed by atoms with Gasteiger partial charge in [-0.1, -0.05) is 47.6 Å². The van der Waals surface area contributed by atoms with Gasteiger partial charge in [0.05, 0.1) is 17.7 Å². The highest BCUT2D eigenvalue weighted by Gasteiger charge is 2.30. The summed E-state index contributed by atoms with van der Waals surface area (Å²) < 4.78 is 37.6. The highest BCUT2D eigenvalue weighted by molar-refractivity contribution is 6.15. The van der Waals surface area contributed by atoms with Gasteiger partial charge >= 0.3 is 6.18 Å². The highest BCUT2D eigenvalue weighted by Crippen LogP contribution is 2.29. The lowest BCUT2D eigenvalue weighted by molar-refractivity contribution is -0.137. The van der Waals surface area contributed by atoms with Crippen LogP contribution >= 0.6 is 0 Å². The molecule has 0 amide bonds. The van der Waals surface area contributed by atoms with E-state index in [1.54, 1.807) is 24.3 Å². The minimum atomic E-state index is -4.42. The van der Waals surface area contributed by atoms with Crippen molar-refractivity contribution in [2.24, 2.45) is 5.16 Å². The summed E-state index contributed by atoms with van der Waals surface area (Å²) in [5.41, 5.74) is 0.535. The van der Waals surface area contributed by atoms with Gasteiger partial charge < -0.3 is 4.84 Å². The SMILES string of the molecule is CO/N=C(\CC(=O)c1ccc(C(F)(F)F)cc1)c1ccccc1. The third-order valence-electron chi connectivity index (χ3n) is 3.17. The molecular formula is C17H14F3NO2. The Labute approximate surface area is 131 Å². The van der Waals surface area contributed by atoms with E-state index in [9.17, 15) is 18.0 Å². The van der Waals surface area contributed by atoms with E-state index in [0.29, 0.717) is 5.71 Å². The molecular weight excluding hydrogens is 307 g/mol. The van der Waals surface area contributed by atoms with Crippen molar-refractivity contribution in [3.63, 3.8) is 0 Å². The first-order valence-electron chi connectivity index (χ1n) is 6.77. The number of carbonyl (C=O) groups excluding carboxylic acids is 1. The fourth-order valence-corrected chi connectivity index (χ4v) is 2.03. The van der Waals surface area contributed by atoms with Crippen molar-refractivity contribution in [3.8, 4) is 0 Å². The van der Waals surface area contributed by atoms with E-state index in [4.69, 9.17) is 4.84 Å². The Morgan fingerprint density at radius 2 is 1.61 bits per heavy atom. The summed E-state index contributed by atoms with van der Waals surface area (Å²) in [6.45, 7) is 0. The van der Waals surface area contributed by atoms with Crippen LogP contribution in [0.2, 0.25) is 0 Å². The van der Waals surface area contributed by atoms with Crippen molar-refractivity contribution >= 4 is 11.5 Å². The van der Waals surface area contributed by atoms with E-state index >= 15 is 0 Å². The number of ketones is 1. The van der Waals surface area contributed by atoms with Gasteiger partial charge in [0.1, 0.15) is 7.11 Å². The molecule has 0 aromatic heterocycles. The highest BCUT2D eigenvalue weighted by atomic mass is 19.4. The molecule has 0 heterocycles. The summed E-state index contributed by atoms with van der Waals surface area (Å²) >= 11 is 0. The van der Waals surface area contributed by atoms with Crippen LogP contribution in [0.1, 0.15) is 27.9 Å². The smallest absolute Gasteiger partial charge is 0.399 e. The largest absolute Gasteiger partial charge is 0.416 e. The van der Waals surface area contributed by atoms with Crippen LogP contribution in [0.3, 0.4) is 0 Å². The lowest BCUT2D eigenvalue weighted by Gasteiger charge is -2.08. The topological polar surface area (TPSA) is 38.7 Å². The van der Waals surface area contributed by atoms with Crippen LogP contribution in [-0.2, 0) is 11.0 Å². The van der Waals surface area contributed by atoms with Crippen molar-refractivity contribution in [2.45, 2.75) is 12.6 Å². The van der Waals surface area contributed by atoms with Gasteiger partial charge in [0, 0.05) is 5.56 Å². The molecule has 0 N–H and O–H groups in total. The lowest BCUT2D eigenvalue weighted by atomic mass is 10.00.